The summed E-state index contributed by atoms with van der Waals surface area (Å²) in [6.45, 7) is 4.80. The van der Waals surface area contributed by atoms with Crippen LogP contribution in [0.1, 0.15) is 25.0 Å². The van der Waals surface area contributed by atoms with Crippen molar-refractivity contribution in [3.8, 4) is 17.1 Å². The Hall–Kier alpha value is -1.86. The minimum atomic E-state index is -0.0780. The van der Waals surface area contributed by atoms with Gasteiger partial charge in [-0.1, -0.05) is 58.9 Å². The number of fused-ring (bicyclic) bond motifs is 3. The smallest absolute Gasteiger partial charge is 0.284 e. The van der Waals surface area contributed by atoms with Crippen LogP contribution in [0, 0.1) is 0 Å². The lowest BCUT2D eigenvalue weighted by atomic mass is 10.1. The Morgan fingerprint density at radius 2 is 2.04 bits per heavy atom. The second-order valence-electron chi connectivity index (χ2n) is 6.36. The van der Waals surface area contributed by atoms with Crippen LogP contribution in [0.4, 0.5) is 0 Å². The Balaban J connectivity index is 1.92. The van der Waals surface area contributed by atoms with Gasteiger partial charge in [-0.2, -0.15) is 4.68 Å². The third kappa shape index (κ3) is 3.25. The summed E-state index contributed by atoms with van der Waals surface area (Å²) < 4.78 is 4.61. The Bertz CT molecular complexity index is 979. The van der Waals surface area contributed by atoms with E-state index in [-0.39, 0.29) is 5.56 Å². The van der Waals surface area contributed by atoms with E-state index >= 15 is 0 Å². The van der Waals surface area contributed by atoms with E-state index in [0.717, 1.165) is 52.6 Å². The molecule has 0 amide bonds. The van der Waals surface area contributed by atoms with Crippen molar-refractivity contribution in [1.29, 1.82) is 0 Å². The fourth-order valence-corrected chi connectivity index (χ4v) is 4.49. The van der Waals surface area contributed by atoms with Crippen LogP contribution in [0.5, 0.6) is 0 Å². The van der Waals surface area contributed by atoms with Crippen LogP contribution >= 0.6 is 27.7 Å². The predicted octanol–water partition coefficient (Wildman–Crippen LogP) is 4.26. The Morgan fingerprint density at radius 1 is 1.23 bits per heavy atom. The average Bonchev–Trinajstić information content (AvgIpc) is 2.82. The van der Waals surface area contributed by atoms with Crippen molar-refractivity contribution < 1.29 is 0 Å². The molecule has 3 aliphatic heterocycles. The summed E-state index contributed by atoms with van der Waals surface area (Å²) in [7, 11) is 0. The van der Waals surface area contributed by atoms with Gasteiger partial charge >= 0.3 is 0 Å². The number of halogens is 1. The number of para-hydroxylation sites is 1. The first-order valence-electron chi connectivity index (χ1n) is 8.69. The van der Waals surface area contributed by atoms with Crippen LogP contribution in [0.15, 0.2) is 51.3 Å². The normalized spacial score (nSPS) is 14.2. The van der Waals surface area contributed by atoms with Crippen LogP contribution in [-0.4, -0.2) is 25.1 Å². The van der Waals surface area contributed by atoms with Gasteiger partial charge in [0.05, 0.1) is 5.69 Å². The summed E-state index contributed by atoms with van der Waals surface area (Å²) in [6, 6.07) is 9.53. The van der Waals surface area contributed by atoms with E-state index in [1.165, 1.54) is 11.1 Å². The van der Waals surface area contributed by atoms with Gasteiger partial charge in [0.15, 0.2) is 11.0 Å². The van der Waals surface area contributed by atoms with Crippen molar-refractivity contribution in [2.24, 2.45) is 0 Å². The maximum atomic E-state index is 13.1. The summed E-state index contributed by atoms with van der Waals surface area (Å²) in [5.74, 6) is 1.27. The molecule has 7 heteroatoms. The van der Waals surface area contributed by atoms with E-state index in [2.05, 4.69) is 32.2 Å². The largest absolute Gasteiger partial charge is 0.324 e. The van der Waals surface area contributed by atoms with E-state index in [0.29, 0.717) is 11.4 Å². The molecular formula is C19H19BrN4OS. The first kappa shape index (κ1) is 17.5. The monoisotopic (exact) mass is 430 g/mol. The van der Waals surface area contributed by atoms with Crippen LogP contribution < -0.4 is 5.56 Å². The SMILES string of the molecule is C=C(Br)CSc1nc2nn(-c3ccccc3)c(=O)c-2c2n1CCCCC2. The Labute approximate surface area is 164 Å². The lowest BCUT2D eigenvalue weighted by Crippen LogP contribution is -2.19. The van der Waals surface area contributed by atoms with Gasteiger partial charge in [-0.05, 0) is 35.9 Å². The fraction of sp³-hybridized carbons (Fsp3) is 0.316. The van der Waals surface area contributed by atoms with Crippen molar-refractivity contribution in [3.05, 3.63) is 57.4 Å². The third-order valence-corrected chi connectivity index (χ3v) is 6.24. The molecule has 0 atom stereocenters. The molecule has 0 saturated carbocycles. The Kier molecular flexibility index (Phi) is 5.00. The van der Waals surface area contributed by atoms with Gasteiger partial charge in [-0.3, -0.25) is 4.79 Å². The van der Waals surface area contributed by atoms with Crippen molar-refractivity contribution in [2.45, 2.75) is 37.4 Å². The number of hydrogen-bond donors (Lipinski definition) is 0. The highest BCUT2D eigenvalue weighted by molar-refractivity contribution is 9.11. The second kappa shape index (κ2) is 7.40. The van der Waals surface area contributed by atoms with Gasteiger partial charge in [-0.15, -0.1) is 5.10 Å². The van der Waals surface area contributed by atoms with Gasteiger partial charge in [-0.25, -0.2) is 4.98 Å². The van der Waals surface area contributed by atoms with E-state index in [1.807, 2.05) is 30.3 Å². The molecule has 0 aromatic heterocycles. The highest BCUT2D eigenvalue weighted by atomic mass is 79.9. The zero-order valence-electron chi connectivity index (χ0n) is 14.3. The highest BCUT2D eigenvalue weighted by Gasteiger charge is 2.26. The number of aromatic nitrogens is 4. The topological polar surface area (TPSA) is 52.7 Å². The molecular weight excluding hydrogens is 412 g/mol. The summed E-state index contributed by atoms with van der Waals surface area (Å²) in [5.41, 5.74) is 2.43. The van der Waals surface area contributed by atoms with E-state index in [1.54, 1.807) is 11.8 Å². The van der Waals surface area contributed by atoms with Crippen molar-refractivity contribution in [2.75, 3.05) is 5.75 Å². The molecule has 26 heavy (non-hydrogen) atoms. The maximum Gasteiger partial charge on any atom is 0.284 e. The van der Waals surface area contributed by atoms with Gasteiger partial charge in [0.2, 0.25) is 0 Å². The minimum absolute atomic E-state index is 0.0780. The van der Waals surface area contributed by atoms with E-state index in [9.17, 15) is 4.79 Å². The molecule has 0 saturated heterocycles. The molecule has 0 radical (unpaired) electrons. The Morgan fingerprint density at radius 3 is 2.81 bits per heavy atom. The molecule has 0 N–H and O–H groups in total. The number of hydrogen-bond acceptors (Lipinski definition) is 4. The number of thioether (sulfide) groups is 1. The van der Waals surface area contributed by atoms with Gasteiger partial charge in [0.1, 0.15) is 5.56 Å². The molecule has 0 aliphatic carbocycles. The second-order valence-corrected chi connectivity index (χ2v) is 8.42. The number of rotatable bonds is 4. The average molecular weight is 431 g/mol. The highest BCUT2D eigenvalue weighted by Crippen LogP contribution is 2.31. The first-order valence-corrected chi connectivity index (χ1v) is 10.5. The summed E-state index contributed by atoms with van der Waals surface area (Å²) in [4.78, 5) is 17.9. The van der Waals surface area contributed by atoms with Crippen molar-refractivity contribution >= 4 is 27.7 Å². The minimum Gasteiger partial charge on any atom is -0.324 e. The quantitative estimate of drug-likeness (QED) is 0.458. The molecule has 4 rings (SSSR count). The van der Waals surface area contributed by atoms with Crippen LogP contribution in [0.3, 0.4) is 0 Å². The standard InChI is InChI=1S/C19H19BrN4OS/c1-13(20)12-26-19-21-17-16(15-10-6-3-7-11-23(15)19)18(25)24(22-17)14-8-4-2-5-9-14/h2,4-5,8-9H,1,3,6-7,10-12H2. The molecule has 0 spiro atoms. The molecule has 0 fully saturated rings. The van der Waals surface area contributed by atoms with Crippen LogP contribution in [0.2, 0.25) is 0 Å². The zero-order chi connectivity index (χ0) is 18.1. The first-order chi connectivity index (χ1) is 12.6. The molecule has 0 unspecified atom stereocenters. The van der Waals surface area contributed by atoms with Crippen molar-refractivity contribution in [1.82, 2.24) is 19.3 Å². The van der Waals surface area contributed by atoms with Gasteiger partial charge < -0.3 is 4.57 Å². The molecule has 1 aromatic rings. The predicted molar refractivity (Wildman–Crippen MR) is 109 cm³/mol. The summed E-state index contributed by atoms with van der Waals surface area (Å²) in [6.07, 6.45) is 4.25. The lowest BCUT2D eigenvalue weighted by molar-refractivity contribution is 0.571. The summed E-state index contributed by atoms with van der Waals surface area (Å²) in [5, 5.41) is 5.45. The number of benzene rings is 1. The summed E-state index contributed by atoms with van der Waals surface area (Å²) >= 11 is 5.05. The lowest BCUT2D eigenvalue weighted by Gasteiger charge is -2.17. The van der Waals surface area contributed by atoms with Gasteiger partial charge in [0.25, 0.3) is 5.56 Å². The maximum absolute atomic E-state index is 13.1. The molecule has 5 nitrogen and oxygen atoms in total. The van der Waals surface area contributed by atoms with E-state index < -0.39 is 0 Å². The molecule has 0 bridgehead atoms. The third-order valence-electron chi connectivity index (χ3n) is 4.53. The van der Waals surface area contributed by atoms with Crippen molar-refractivity contribution in [3.63, 3.8) is 0 Å². The van der Waals surface area contributed by atoms with Gasteiger partial charge in [0, 0.05) is 18.0 Å². The fourth-order valence-electron chi connectivity index (χ4n) is 3.35. The van der Waals surface area contributed by atoms with E-state index in [4.69, 9.17) is 4.98 Å². The molecule has 3 heterocycles. The zero-order valence-corrected chi connectivity index (χ0v) is 16.7. The molecule has 134 valence electrons. The molecule has 1 aromatic carbocycles. The molecule has 3 aliphatic rings. The number of nitrogens with zero attached hydrogens (tertiary/aromatic N) is 4. The van der Waals surface area contributed by atoms with Crippen LogP contribution in [0.25, 0.3) is 17.1 Å². The van der Waals surface area contributed by atoms with Crippen LogP contribution in [-0.2, 0) is 13.0 Å².